The van der Waals surface area contributed by atoms with Crippen LogP contribution in [0.2, 0.25) is 0 Å². The van der Waals surface area contributed by atoms with E-state index in [-0.39, 0.29) is 17.4 Å². The van der Waals surface area contributed by atoms with Crippen molar-refractivity contribution in [3.8, 4) is 0 Å². The van der Waals surface area contributed by atoms with E-state index in [4.69, 9.17) is 4.65 Å². The van der Waals surface area contributed by atoms with E-state index in [1.165, 1.54) is 0 Å². The van der Waals surface area contributed by atoms with Crippen LogP contribution >= 0.6 is 0 Å². The van der Waals surface area contributed by atoms with E-state index in [9.17, 15) is 9.82 Å². The van der Waals surface area contributed by atoms with Gasteiger partial charge in [0, 0.05) is 11.6 Å². The van der Waals surface area contributed by atoms with Gasteiger partial charge in [-0.25, -0.2) is 5.43 Å². The quantitative estimate of drug-likeness (QED) is 0.570. The normalized spacial score (nSPS) is 15.8. The number of benzene rings is 1. The summed E-state index contributed by atoms with van der Waals surface area (Å²) >= 11 is 0. The predicted molar refractivity (Wildman–Crippen MR) is 83.0 cm³/mol. The fraction of sp³-hybridized carbons (Fsp3) is 0.533. The Hall–Kier alpha value is -1.37. The summed E-state index contributed by atoms with van der Waals surface area (Å²) in [6.45, 7) is 8.85. The van der Waals surface area contributed by atoms with Crippen molar-refractivity contribution >= 4 is 18.5 Å². The number of hydrogen-bond donors (Lipinski definition) is 3. The lowest BCUT2D eigenvalue weighted by atomic mass is 9.79. The van der Waals surface area contributed by atoms with Crippen LogP contribution in [-0.2, 0) is 11.3 Å². The van der Waals surface area contributed by atoms with Gasteiger partial charge >= 0.3 is 7.12 Å². The summed E-state index contributed by atoms with van der Waals surface area (Å²) in [4.78, 5) is 12.2. The smallest absolute Gasteiger partial charge is 0.423 e. The summed E-state index contributed by atoms with van der Waals surface area (Å²) in [5.41, 5.74) is 8.01. The molecular weight excluding hydrogens is 267 g/mol. The van der Waals surface area contributed by atoms with Gasteiger partial charge in [-0.3, -0.25) is 10.2 Å². The summed E-state index contributed by atoms with van der Waals surface area (Å²) in [6.07, 6.45) is 0.917. The van der Waals surface area contributed by atoms with E-state index in [1.54, 1.807) is 12.1 Å². The van der Waals surface area contributed by atoms with Crippen LogP contribution in [0.15, 0.2) is 18.2 Å². The molecule has 3 N–H and O–H groups in total. The number of rotatable bonds is 4. The van der Waals surface area contributed by atoms with Crippen molar-refractivity contribution in [1.29, 1.82) is 0 Å². The molecule has 1 unspecified atom stereocenters. The van der Waals surface area contributed by atoms with Crippen LogP contribution < -0.4 is 16.3 Å². The first-order chi connectivity index (χ1) is 9.82. The van der Waals surface area contributed by atoms with Crippen molar-refractivity contribution in [2.45, 2.75) is 46.8 Å². The van der Waals surface area contributed by atoms with E-state index in [0.29, 0.717) is 17.6 Å². The lowest BCUT2D eigenvalue weighted by Gasteiger charge is -2.30. The highest BCUT2D eigenvalue weighted by Crippen LogP contribution is 2.20. The second kappa shape index (κ2) is 6.18. The summed E-state index contributed by atoms with van der Waals surface area (Å²) < 4.78 is 5.13. The Morgan fingerprint density at radius 1 is 1.48 bits per heavy atom. The van der Waals surface area contributed by atoms with E-state index in [1.807, 2.05) is 6.07 Å². The molecule has 2 rings (SSSR count). The minimum absolute atomic E-state index is 0.0595. The maximum atomic E-state index is 12.2. The predicted octanol–water partition coefficient (Wildman–Crippen LogP) is 0.963. The molecule has 0 saturated heterocycles. The lowest BCUT2D eigenvalue weighted by molar-refractivity contribution is 0.0906. The van der Waals surface area contributed by atoms with Gasteiger partial charge in [-0.2, -0.15) is 0 Å². The molecule has 1 atom stereocenters. The second-order valence-corrected chi connectivity index (χ2v) is 6.50. The third kappa shape index (κ3) is 3.64. The lowest BCUT2D eigenvalue weighted by Crippen LogP contribution is -2.49. The third-order valence-electron chi connectivity index (χ3n) is 3.88. The molecule has 5 nitrogen and oxygen atoms in total. The molecule has 0 radical (unpaired) electrons. The SMILES string of the molecule is CCC(NNC(=O)c1ccc2c(c1)B(O)OC2)C(C)(C)C. The molecule has 0 saturated carbocycles. The monoisotopic (exact) mass is 290 g/mol. The Morgan fingerprint density at radius 2 is 2.19 bits per heavy atom. The van der Waals surface area contributed by atoms with Crippen molar-refractivity contribution in [1.82, 2.24) is 10.9 Å². The minimum Gasteiger partial charge on any atom is -0.423 e. The van der Waals surface area contributed by atoms with Gasteiger partial charge in [0.1, 0.15) is 0 Å². The molecule has 1 aromatic carbocycles. The fourth-order valence-corrected chi connectivity index (χ4v) is 2.51. The summed E-state index contributed by atoms with van der Waals surface area (Å²) in [6, 6.07) is 5.43. The maximum Gasteiger partial charge on any atom is 0.491 e. The molecule has 6 heteroatoms. The zero-order chi connectivity index (χ0) is 15.6. The van der Waals surface area contributed by atoms with Crippen molar-refractivity contribution in [2.24, 2.45) is 5.41 Å². The molecule has 0 aromatic heterocycles. The molecule has 21 heavy (non-hydrogen) atoms. The number of carbonyl (C=O) groups is 1. The summed E-state index contributed by atoms with van der Waals surface area (Å²) in [7, 11) is -0.932. The summed E-state index contributed by atoms with van der Waals surface area (Å²) in [5, 5.41) is 9.68. The van der Waals surface area contributed by atoms with Crippen LogP contribution in [0, 0.1) is 5.41 Å². The molecule has 1 aromatic rings. The number of nitrogens with one attached hydrogen (secondary N) is 2. The first-order valence-corrected chi connectivity index (χ1v) is 7.31. The minimum atomic E-state index is -0.932. The Kier molecular flexibility index (Phi) is 4.71. The molecule has 0 aliphatic carbocycles. The molecule has 1 aliphatic rings. The van der Waals surface area contributed by atoms with Crippen LogP contribution in [0.25, 0.3) is 0 Å². The Labute approximate surface area is 126 Å². The molecule has 1 heterocycles. The van der Waals surface area contributed by atoms with Gasteiger partial charge in [-0.15, -0.1) is 0 Å². The number of amides is 1. The summed E-state index contributed by atoms with van der Waals surface area (Å²) in [5.74, 6) is -0.209. The van der Waals surface area contributed by atoms with Crippen molar-refractivity contribution in [3.63, 3.8) is 0 Å². The van der Waals surface area contributed by atoms with Crippen LogP contribution in [0.4, 0.5) is 0 Å². The Morgan fingerprint density at radius 3 is 2.81 bits per heavy atom. The van der Waals surface area contributed by atoms with Crippen molar-refractivity contribution in [2.75, 3.05) is 0 Å². The number of carbonyl (C=O) groups excluding carboxylic acids is 1. The van der Waals surface area contributed by atoms with Gasteiger partial charge in [0.05, 0.1) is 6.61 Å². The molecule has 1 amide bonds. The highest BCUT2D eigenvalue weighted by molar-refractivity contribution is 6.61. The van der Waals surface area contributed by atoms with E-state index >= 15 is 0 Å². The first-order valence-electron chi connectivity index (χ1n) is 7.31. The van der Waals surface area contributed by atoms with Crippen LogP contribution in [0.5, 0.6) is 0 Å². The average molecular weight is 290 g/mol. The Balaban J connectivity index is 2.03. The van der Waals surface area contributed by atoms with Crippen LogP contribution in [0.1, 0.15) is 50.0 Å². The number of hydrogen-bond acceptors (Lipinski definition) is 4. The van der Waals surface area contributed by atoms with E-state index in [0.717, 1.165) is 12.0 Å². The highest BCUT2D eigenvalue weighted by atomic mass is 16.5. The molecule has 0 spiro atoms. The first kappa shape index (κ1) is 16.0. The highest BCUT2D eigenvalue weighted by Gasteiger charge is 2.28. The fourth-order valence-electron chi connectivity index (χ4n) is 2.51. The second-order valence-electron chi connectivity index (χ2n) is 6.50. The average Bonchev–Trinajstić information content (AvgIpc) is 2.79. The largest absolute Gasteiger partial charge is 0.491 e. The van der Waals surface area contributed by atoms with Gasteiger partial charge in [-0.05, 0) is 35.0 Å². The number of hydrazine groups is 1. The van der Waals surface area contributed by atoms with Crippen LogP contribution in [-0.4, -0.2) is 24.1 Å². The molecule has 0 fully saturated rings. The maximum absolute atomic E-state index is 12.2. The number of fused-ring (bicyclic) bond motifs is 1. The Bertz CT molecular complexity index is 528. The van der Waals surface area contributed by atoms with Gasteiger partial charge in [-0.1, -0.05) is 33.8 Å². The topological polar surface area (TPSA) is 70.6 Å². The van der Waals surface area contributed by atoms with Gasteiger partial charge in [0.2, 0.25) is 0 Å². The zero-order valence-electron chi connectivity index (χ0n) is 13.1. The van der Waals surface area contributed by atoms with Gasteiger partial charge in [0.15, 0.2) is 0 Å². The molecule has 0 bridgehead atoms. The van der Waals surface area contributed by atoms with Crippen molar-refractivity contribution in [3.05, 3.63) is 29.3 Å². The van der Waals surface area contributed by atoms with Gasteiger partial charge in [0.25, 0.3) is 5.91 Å². The molecular formula is C15H23BN2O3. The molecule has 1 aliphatic heterocycles. The van der Waals surface area contributed by atoms with Crippen molar-refractivity contribution < 1.29 is 14.5 Å². The van der Waals surface area contributed by atoms with E-state index < -0.39 is 7.12 Å². The zero-order valence-corrected chi connectivity index (χ0v) is 13.1. The standard InChI is InChI=1S/C15H23BN2O3/c1-5-13(15(2,3)4)17-18-14(19)10-6-7-11-9-21-16(20)12(11)8-10/h6-8,13,17,20H,5,9H2,1-4H3,(H,18,19). The third-order valence-corrected chi connectivity index (χ3v) is 3.88. The van der Waals surface area contributed by atoms with Crippen LogP contribution in [0.3, 0.4) is 0 Å². The van der Waals surface area contributed by atoms with E-state index in [2.05, 4.69) is 38.5 Å². The van der Waals surface area contributed by atoms with Gasteiger partial charge < -0.3 is 9.68 Å². The molecule has 114 valence electrons.